The highest BCUT2D eigenvalue weighted by molar-refractivity contribution is 8.02. The molecular formula is C23H42N2O2S2. The molecule has 4 nitrogen and oxygen atoms in total. The van der Waals surface area contributed by atoms with E-state index in [2.05, 4.69) is 17.6 Å². The van der Waals surface area contributed by atoms with Gasteiger partial charge in [-0.25, -0.2) is 0 Å². The van der Waals surface area contributed by atoms with E-state index >= 15 is 0 Å². The van der Waals surface area contributed by atoms with Crippen LogP contribution in [0.5, 0.6) is 0 Å². The summed E-state index contributed by atoms with van der Waals surface area (Å²) in [5, 5.41) is 6.63. The van der Waals surface area contributed by atoms with Gasteiger partial charge in [0, 0.05) is 23.7 Å². The summed E-state index contributed by atoms with van der Waals surface area (Å²) in [6.45, 7) is 6.95. The molecule has 0 saturated heterocycles. The first-order chi connectivity index (χ1) is 14.0. The Balaban J connectivity index is 1.48. The number of rotatable bonds is 18. The van der Waals surface area contributed by atoms with Crippen molar-refractivity contribution in [2.75, 3.05) is 36.6 Å². The van der Waals surface area contributed by atoms with Crippen LogP contribution in [0.3, 0.4) is 0 Å². The lowest BCUT2D eigenvalue weighted by Gasteiger charge is -2.16. The van der Waals surface area contributed by atoms with Crippen molar-refractivity contribution in [1.29, 1.82) is 0 Å². The van der Waals surface area contributed by atoms with Crippen LogP contribution in [-0.2, 0) is 9.59 Å². The van der Waals surface area contributed by atoms with Crippen LogP contribution in [0, 0.1) is 23.7 Å². The van der Waals surface area contributed by atoms with Crippen molar-refractivity contribution < 1.29 is 9.59 Å². The number of nitrogens with one attached hydrogen (secondary N) is 2. The Labute approximate surface area is 186 Å². The summed E-state index contributed by atoms with van der Waals surface area (Å²) in [6.07, 6.45) is 7.01. The van der Waals surface area contributed by atoms with Crippen molar-refractivity contribution in [1.82, 2.24) is 10.6 Å². The van der Waals surface area contributed by atoms with Crippen LogP contribution < -0.4 is 10.6 Å². The highest BCUT2D eigenvalue weighted by atomic mass is 32.2. The Bertz CT molecular complexity index is 517. The van der Waals surface area contributed by atoms with Crippen molar-refractivity contribution in [2.45, 2.75) is 71.4 Å². The van der Waals surface area contributed by atoms with E-state index in [1.807, 2.05) is 37.5 Å². The largest absolute Gasteiger partial charge is 0.311 e. The third-order valence-corrected chi connectivity index (χ3v) is 9.06. The van der Waals surface area contributed by atoms with Gasteiger partial charge in [0.15, 0.2) is 0 Å². The molecule has 2 fully saturated rings. The van der Waals surface area contributed by atoms with Crippen LogP contribution in [-0.4, -0.2) is 60.3 Å². The molecular weight excluding hydrogens is 400 g/mol. The zero-order chi connectivity index (χ0) is 21.2. The SMILES string of the molecule is CCC(=O)C(CCSCCSCC(NCCC1CC1C1CC1CC)C(C)=O)NC. The smallest absolute Gasteiger partial charge is 0.149 e. The van der Waals surface area contributed by atoms with Gasteiger partial charge >= 0.3 is 0 Å². The van der Waals surface area contributed by atoms with E-state index in [0.717, 1.165) is 59.6 Å². The maximum atomic E-state index is 11.9. The molecule has 2 N–H and O–H groups in total. The normalized spacial score (nSPS) is 27.4. The first-order valence-corrected chi connectivity index (χ1v) is 13.9. The molecule has 2 rings (SSSR count). The number of carbonyl (C=O) groups is 2. The van der Waals surface area contributed by atoms with E-state index in [-0.39, 0.29) is 17.9 Å². The number of Topliss-reactive ketones (excluding diaryl/α,β-unsaturated/α-hetero) is 2. The summed E-state index contributed by atoms with van der Waals surface area (Å²) in [7, 11) is 1.87. The van der Waals surface area contributed by atoms with Crippen LogP contribution in [0.4, 0.5) is 0 Å². The molecule has 0 aromatic heterocycles. The average molecular weight is 443 g/mol. The highest BCUT2D eigenvalue weighted by Gasteiger charge is 2.51. The monoisotopic (exact) mass is 442 g/mol. The van der Waals surface area contributed by atoms with E-state index in [4.69, 9.17) is 0 Å². The fourth-order valence-corrected chi connectivity index (χ4v) is 6.79. The van der Waals surface area contributed by atoms with Crippen molar-refractivity contribution in [3.8, 4) is 0 Å². The lowest BCUT2D eigenvalue weighted by Crippen LogP contribution is -2.38. The van der Waals surface area contributed by atoms with Crippen LogP contribution in [0.25, 0.3) is 0 Å². The second kappa shape index (κ2) is 13.4. The Morgan fingerprint density at radius 1 is 1.00 bits per heavy atom. The number of carbonyl (C=O) groups excluding carboxylic acids is 2. The van der Waals surface area contributed by atoms with E-state index in [9.17, 15) is 9.59 Å². The van der Waals surface area contributed by atoms with Crippen LogP contribution in [0.2, 0.25) is 0 Å². The van der Waals surface area contributed by atoms with E-state index in [1.54, 1.807) is 6.92 Å². The highest BCUT2D eigenvalue weighted by Crippen LogP contribution is 2.59. The van der Waals surface area contributed by atoms with E-state index in [0.29, 0.717) is 12.2 Å². The Morgan fingerprint density at radius 3 is 2.31 bits per heavy atom. The second-order valence-electron chi connectivity index (χ2n) is 8.77. The van der Waals surface area contributed by atoms with Gasteiger partial charge in [0.1, 0.15) is 11.6 Å². The lowest BCUT2D eigenvalue weighted by atomic mass is 10.1. The standard InChI is InChI=1S/C23H42N2O2S2/c1-5-17-13-19(17)20-14-18(20)7-9-25-22(16(3)26)15-29-12-11-28-10-8-21(24-4)23(27)6-2/h17-22,24-25H,5-15H2,1-4H3. The predicted molar refractivity (Wildman–Crippen MR) is 128 cm³/mol. The molecule has 168 valence electrons. The number of thioether (sulfide) groups is 2. The molecule has 29 heavy (non-hydrogen) atoms. The number of ketones is 2. The molecule has 2 aliphatic rings. The number of hydrogen-bond acceptors (Lipinski definition) is 6. The zero-order valence-corrected chi connectivity index (χ0v) is 20.5. The number of likely N-dealkylation sites (N-methyl/N-ethyl adjacent to an activating group) is 1. The lowest BCUT2D eigenvalue weighted by molar-refractivity contribution is -0.120. The van der Waals surface area contributed by atoms with Crippen molar-refractivity contribution in [3.63, 3.8) is 0 Å². The van der Waals surface area contributed by atoms with Gasteiger partial charge in [0.25, 0.3) is 0 Å². The molecule has 0 heterocycles. The van der Waals surface area contributed by atoms with E-state index in [1.165, 1.54) is 25.7 Å². The zero-order valence-electron chi connectivity index (χ0n) is 18.9. The van der Waals surface area contributed by atoms with Gasteiger partial charge in [0.05, 0.1) is 12.1 Å². The maximum Gasteiger partial charge on any atom is 0.149 e. The summed E-state index contributed by atoms with van der Waals surface area (Å²) in [5.41, 5.74) is 0. The fraction of sp³-hybridized carbons (Fsp3) is 0.913. The molecule has 0 radical (unpaired) electrons. The minimum atomic E-state index is 0.00219. The molecule has 6 unspecified atom stereocenters. The van der Waals surface area contributed by atoms with Crippen molar-refractivity contribution in [3.05, 3.63) is 0 Å². The average Bonchev–Trinajstić information content (AvgIpc) is 3.62. The third kappa shape index (κ3) is 8.92. The minimum absolute atomic E-state index is 0.00219. The minimum Gasteiger partial charge on any atom is -0.311 e. The van der Waals surface area contributed by atoms with Gasteiger partial charge in [-0.15, -0.1) is 0 Å². The summed E-state index contributed by atoms with van der Waals surface area (Å²) in [4.78, 5) is 23.7. The third-order valence-electron chi connectivity index (χ3n) is 6.72. The van der Waals surface area contributed by atoms with Crippen LogP contribution >= 0.6 is 23.5 Å². The van der Waals surface area contributed by atoms with Gasteiger partial charge in [-0.2, -0.15) is 23.5 Å². The quantitative estimate of drug-likeness (QED) is 0.313. The van der Waals surface area contributed by atoms with E-state index < -0.39 is 0 Å². The van der Waals surface area contributed by atoms with Crippen LogP contribution in [0.15, 0.2) is 0 Å². The summed E-state index contributed by atoms with van der Waals surface area (Å²) < 4.78 is 0. The van der Waals surface area contributed by atoms with Gasteiger partial charge < -0.3 is 10.6 Å². The van der Waals surface area contributed by atoms with Gasteiger partial charge in [-0.1, -0.05) is 20.3 Å². The molecule has 0 spiro atoms. The molecule has 0 bridgehead atoms. The first-order valence-electron chi connectivity index (χ1n) is 11.6. The summed E-state index contributed by atoms with van der Waals surface area (Å²) >= 11 is 3.78. The molecule has 0 aromatic rings. The molecule has 0 amide bonds. The molecule has 6 atom stereocenters. The predicted octanol–water partition coefficient (Wildman–Crippen LogP) is 4.03. The van der Waals surface area contributed by atoms with Gasteiger partial charge in [-0.05, 0) is 75.6 Å². The second-order valence-corrected chi connectivity index (χ2v) is 11.1. The number of hydrogen-bond donors (Lipinski definition) is 2. The maximum absolute atomic E-state index is 11.9. The van der Waals surface area contributed by atoms with Crippen molar-refractivity contribution in [2.24, 2.45) is 23.7 Å². The summed E-state index contributed by atoms with van der Waals surface area (Å²) in [6, 6.07) is 0.00708. The molecule has 0 aliphatic heterocycles. The van der Waals surface area contributed by atoms with Gasteiger partial charge in [-0.3, -0.25) is 9.59 Å². The Morgan fingerprint density at radius 2 is 1.69 bits per heavy atom. The topological polar surface area (TPSA) is 58.2 Å². The summed E-state index contributed by atoms with van der Waals surface area (Å²) in [5.74, 6) is 8.56. The molecule has 2 saturated carbocycles. The molecule has 2 aliphatic carbocycles. The van der Waals surface area contributed by atoms with Crippen LogP contribution in [0.1, 0.15) is 59.3 Å². The first kappa shape index (κ1) is 25.2. The fourth-order valence-electron chi connectivity index (χ4n) is 4.49. The van der Waals surface area contributed by atoms with Gasteiger partial charge in [0.2, 0.25) is 0 Å². The Kier molecular flexibility index (Phi) is 11.6. The Hall–Kier alpha value is -0.0400. The van der Waals surface area contributed by atoms with Crippen molar-refractivity contribution >= 4 is 35.1 Å². The molecule has 6 heteroatoms. The molecule has 0 aromatic carbocycles.